The highest BCUT2D eigenvalue weighted by molar-refractivity contribution is 6.31. The molecule has 100 valence electrons. The molecule has 0 aliphatic heterocycles. The van der Waals surface area contributed by atoms with Crippen molar-refractivity contribution in [1.29, 1.82) is 0 Å². The molecule has 0 aliphatic rings. The van der Waals surface area contributed by atoms with E-state index in [0.29, 0.717) is 31.3 Å². The summed E-state index contributed by atoms with van der Waals surface area (Å²) in [5, 5.41) is 9.51. The van der Waals surface area contributed by atoms with Crippen molar-refractivity contribution in [3.63, 3.8) is 0 Å². The minimum Gasteiger partial charge on any atom is -0.479 e. The molecule has 0 bridgehead atoms. The van der Waals surface area contributed by atoms with Gasteiger partial charge in [-0.1, -0.05) is 29.8 Å². The van der Waals surface area contributed by atoms with Crippen molar-refractivity contribution in [2.75, 3.05) is 13.2 Å². The summed E-state index contributed by atoms with van der Waals surface area (Å²) in [6.45, 7) is 2.84. The Bertz CT molecular complexity index is 381. The Balaban J connectivity index is 2.30. The predicted octanol–water partition coefficient (Wildman–Crippen LogP) is 2.74. The van der Waals surface area contributed by atoms with E-state index >= 15 is 0 Å². The van der Waals surface area contributed by atoms with Crippen LogP contribution in [-0.4, -0.2) is 30.4 Å². The summed E-state index contributed by atoms with van der Waals surface area (Å²) in [4.78, 5) is 10.8. The first-order chi connectivity index (χ1) is 8.65. The molecule has 5 heteroatoms. The molecule has 4 nitrogen and oxygen atoms in total. The molecule has 1 aromatic rings. The van der Waals surface area contributed by atoms with Crippen molar-refractivity contribution in [1.82, 2.24) is 0 Å². The number of carboxylic acids is 1. The van der Waals surface area contributed by atoms with Crippen LogP contribution in [0.5, 0.6) is 0 Å². The fourth-order valence-electron chi connectivity index (χ4n) is 1.47. The molecule has 1 atom stereocenters. The quantitative estimate of drug-likeness (QED) is 0.740. The molecule has 1 rings (SSSR count). The van der Waals surface area contributed by atoms with Gasteiger partial charge in [-0.25, -0.2) is 4.79 Å². The summed E-state index contributed by atoms with van der Waals surface area (Å²) in [5.74, 6) is -0.960. The van der Waals surface area contributed by atoms with Crippen LogP contribution in [0, 0.1) is 0 Å². The van der Waals surface area contributed by atoms with E-state index in [0.717, 1.165) is 5.56 Å². The van der Waals surface area contributed by atoms with Crippen LogP contribution in [-0.2, 0) is 20.9 Å². The molecule has 0 aromatic heterocycles. The zero-order valence-electron chi connectivity index (χ0n) is 10.3. The van der Waals surface area contributed by atoms with E-state index in [9.17, 15) is 4.79 Å². The largest absolute Gasteiger partial charge is 0.479 e. The molecule has 1 unspecified atom stereocenters. The zero-order chi connectivity index (χ0) is 13.4. The second kappa shape index (κ2) is 8.08. The predicted molar refractivity (Wildman–Crippen MR) is 68.8 cm³/mol. The van der Waals surface area contributed by atoms with Gasteiger partial charge in [-0.2, -0.15) is 0 Å². The summed E-state index contributed by atoms with van der Waals surface area (Å²) in [7, 11) is 0. The standard InChI is InChI=1S/C13H17ClO4/c1-2-18-12(13(15)16)7-8-17-9-10-5-3-4-6-11(10)14/h3-6,12H,2,7-9H2,1H3,(H,15,16). The summed E-state index contributed by atoms with van der Waals surface area (Å²) in [6.07, 6.45) is -0.477. The van der Waals surface area contributed by atoms with Crippen LogP contribution in [0.1, 0.15) is 18.9 Å². The monoisotopic (exact) mass is 272 g/mol. The van der Waals surface area contributed by atoms with E-state index in [1.54, 1.807) is 13.0 Å². The van der Waals surface area contributed by atoms with Crippen molar-refractivity contribution < 1.29 is 19.4 Å². The lowest BCUT2D eigenvalue weighted by atomic mass is 10.2. The van der Waals surface area contributed by atoms with E-state index in [1.165, 1.54) is 0 Å². The highest BCUT2D eigenvalue weighted by atomic mass is 35.5. The lowest BCUT2D eigenvalue weighted by Crippen LogP contribution is -2.25. The third-order valence-electron chi connectivity index (χ3n) is 2.38. The molecule has 18 heavy (non-hydrogen) atoms. The minimum atomic E-state index is -0.960. The average Bonchev–Trinajstić information content (AvgIpc) is 2.35. The van der Waals surface area contributed by atoms with Crippen LogP contribution in [0.3, 0.4) is 0 Å². The Morgan fingerprint density at radius 1 is 1.44 bits per heavy atom. The fraction of sp³-hybridized carbons (Fsp3) is 0.462. The smallest absolute Gasteiger partial charge is 0.332 e. The van der Waals surface area contributed by atoms with E-state index in [4.69, 9.17) is 26.2 Å². The van der Waals surface area contributed by atoms with Gasteiger partial charge in [0.1, 0.15) is 0 Å². The lowest BCUT2D eigenvalue weighted by molar-refractivity contribution is -0.151. The first kappa shape index (κ1) is 15.0. The molecule has 0 fully saturated rings. The van der Waals surface area contributed by atoms with Gasteiger partial charge in [0.25, 0.3) is 0 Å². The Hall–Kier alpha value is -1.10. The number of halogens is 1. The van der Waals surface area contributed by atoms with Crippen molar-refractivity contribution in [2.45, 2.75) is 26.1 Å². The summed E-state index contributed by atoms with van der Waals surface area (Å²) in [5.41, 5.74) is 0.891. The second-order valence-electron chi connectivity index (χ2n) is 3.71. The molecule has 1 aromatic carbocycles. The number of hydrogen-bond acceptors (Lipinski definition) is 3. The lowest BCUT2D eigenvalue weighted by Gasteiger charge is -2.12. The van der Waals surface area contributed by atoms with Gasteiger partial charge in [-0.15, -0.1) is 0 Å². The number of rotatable bonds is 8. The van der Waals surface area contributed by atoms with Crippen molar-refractivity contribution in [2.24, 2.45) is 0 Å². The summed E-state index contributed by atoms with van der Waals surface area (Å²) in [6, 6.07) is 7.40. The molecule has 0 radical (unpaired) electrons. The van der Waals surface area contributed by atoms with Gasteiger partial charge in [0.15, 0.2) is 6.10 Å². The van der Waals surface area contributed by atoms with Gasteiger partial charge in [0.2, 0.25) is 0 Å². The molecule has 0 spiro atoms. The number of benzene rings is 1. The van der Waals surface area contributed by atoms with Gasteiger partial charge in [-0.05, 0) is 18.6 Å². The molecule has 0 heterocycles. The number of ether oxygens (including phenoxy) is 2. The third kappa shape index (κ3) is 5.04. The number of hydrogen-bond donors (Lipinski definition) is 1. The Kier molecular flexibility index (Phi) is 6.72. The zero-order valence-corrected chi connectivity index (χ0v) is 11.0. The van der Waals surface area contributed by atoms with Gasteiger partial charge in [0, 0.05) is 18.1 Å². The topological polar surface area (TPSA) is 55.8 Å². The maximum absolute atomic E-state index is 10.8. The molecule has 1 N–H and O–H groups in total. The Labute approximate surface area is 111 Å². The van der Waals surface area contributed by atoms with E-state index < -0.39 is 12.1 Å². The molecular weight excluding hydrogens is 256 g/mol. The average molecular weight is 273 g/mol. The van der Waals surface area contributed by atoms with Crippen LogP contribution in [0.2, 0.25) is 5.02 Å². The molecule has 0 aliphatic carbocycles. The van der Waals surface area contributed by atoms with Crippen molar-refractivity contribution in [3.8, 4) is 0 Å². The van der Waals surface area contributed by atoms with Crippen LogP contribution in [0.4, 0.5) is 0 Å². The first-order valence-electron chi connectivity index (χ1n) is 5.80. The van der Waals surface area contributed by atoms with Gasteiger partial charge in [-0.3, -0.25) is 0 Å². The van der Waals surface area contributed by atoms with E-state index in [2.05, 4.69) is 0 Å². The number of carboxylic acid groups (broad SMARTS) is 1. The molecule has 0 saturated heterocycles. The van der Waals surface area contributed by atoms with Crippen LogP contribution >= 0.6 is 11.6 Å². The molecular formula is C13H17ClO4. The Morgan fingerprint density at radius 3 is 2.78 bits per heavy atom. The third-order valence-corrected chi connectivity index (χ3v) is 2.75. The van der Waals surface area contributed by atoms with E-state index in [1.807, 2.05) is 18.2 Å². The Morgan fingerprint density at radius 2 is 2.17 bits per heavy atom. The summed E-state index contributed by atoms with van der Waals surface area (Å²) >= 11 is 5.97. The van der Waals surface area contributed by atoms with Crippen molar-refractivity contribution in [3.05, 3.63) is 34.9 Å². The number of carbonyl (C=O) groups is 1. The van der Waals surface area contributed by atoms with Gasteiger partial charge >= 0.3 is 5.97 Å². The maximum atomic E-state index is 10.8. The van der Waals surface area contributed by atoms with Crippen molar-refractivity contribution >= 4 is 17.6 Å². The molecule has 0 amide bonds. The van der Waals surface area contributed by atoms with Crippen LogP contribution in [0.25, 0.3) is 0 Å². The molecule has 0 saturated carbocycles. The minimum absolute atomic E-state index is 0.322. The normalized spacial score (nSPS) is 12.3. The van der Waals surface area contributed by atoms with E-state index in [-0.39, 0.29) is 0 Å². The SMILES string of the molecule is CCOC(CCOCc1ccccc1Cl)C(=O)O. The van der Waals surface area contributed by atoms with Gasteiger partial charge < -0.3 is 14.6 Å². The van der Waals surface area contributed by atoms with Crippen LogP contribution in [0.15, 0.2) is 24.3 Å². The first-order valence-corrected chi connectivity index (χ1v) is 6.18. The maximum Gasteiger partial charge on any atom is 0.332 e. The summed E-state index contributed by atoms with van der Waals surface area (Å²) < 4.78 is 10.5. The second-order valence-corrected chi connectivity index (χ2v) is 4.12. The van der Waals surface area contributed by atoms with Crippen LogP contribution < -0.4 is 0 Å². The fourth-order valence-corrected chi connectivity index (χ4v) is 1.66. The highest BCUT2D eigenvalue weighted by Crippen LogP contribution is 2.15. The van der Waals surface area contributed by atoms with Gasteiger partial charge in [0.05, 0.1) is 13.2 Å². The number of aliphatic carboxylic acids is 1. The highest BCUT2D eigenvalue weighted by Gasteiger charge is 2.16.